The number of para-hydroxylation sites is 1. The van der Waals surface area contributed by atoms with Crippen molar-refractivity contribution < 1.29 is 23.8 Å². The summed E-state index contributed by atoms with van der Waals surface area (Å²) in [7, 11) is 1.50. The van der Waals surface area contributed by atoms with Crippen LogP contribution < -0.4 is 4.74 Å². The number of ketones is 1. The molecule has 2 rings (SSSR count). The largest absolute Gasteiger partial charge is 0.493 e. The Hall–Kier alpha value is -2.30. The van der Waals surface area contributed by atoms with Gasteiger partial charge in [-0.3, -0.25) is 9.59 Å². The first-order valence-corrected chi connectivity index (χ1v) is 4.93. The van der Waals surface area contributed by atoms with Crippen LogP contribution in [0.3, 0.4) is 0 Å². The zero-order chi connectivity index (χ0) is 12.4. The smallest absolute Gasteiger partial charge is 0.311 e. The van der Waals surface area contributed by atoms with Gasteiger partial charge < -0.3 is 14.3 Å². The minimum Gasteiger partial charge on any atom is -0.493 e. The number of carbonyl (C=O) groups is 2. The monoisotopic (exact) mass is 234 g/mol. The third kappa shape index (κ3) is 2.13. The Bertz CT molecular complexity index is 582. The molecular weight excluding hydrogens is 224 g/mol. The Morgan fingerprint density at radius 2 is 2.18 bits per heavy atom. The maximum Gasteiger partial charge on any atom is 0.311 e. The lowest BCUT2D eigenvalue weighted by atomic mass is 10.2. The molecule has 0 atom stereocenters. The Morgan fingerprint density at radius 3 is 2.82 bits per heavy atom. The number of benzene rings is 1. The van der Waals surface area contributed by atoms with E-state index in [4.69, 9.17) is 14.3 Å². The van der Waals surface area contributed by atoms with Gasteiger partial charge in [0.25, 0.3) is 0 Å². The maximum absolute atomic E-state index is 11.5. The maximum atomic E-state index is 11.5. The Morgan fingerprint density at radius 1 is 1.41 bits per heavy atom. The fourth-order valence-corrected chi connectivity index (χ4v) is 1.56. The Labute approximate surface area is 96.6 Å². The van der Waals surface area contributed by atoms with Gasteiger partial charge in [-0.25, -0.2) is 0 Å². The van der Waals surface area contributed by atoms with Crippen LogP contribution in [-0.2, 0) is 4.79 Å². The molecule has 17 heavy (non-hydrogen) atoms. The molecule has 1 aromatic carbocycles. The van der Waals surface area contributed by atoms with E-state index < -0.39 is 18.2 Å². The van der Waals surface area contributed by atoms with Crippen LogP contribution >= 0.6 is 0 Å². The summed E-state index contributed by atoms with van der Waals surface area (Å²) in [6, 6.07) is 6.75. The van der Waals surface area contributed by atoms with Gasteiger partial charge in [-0.2, -0.15) is 0 Å². The molecule has 0 aliphatic carbocycles. The zero-order valence-corrected chi connectivity index (χ0v) is 9.10. The average Bonchev–Trinajstić information content (AvgIpc) is 2.71. The van der Waals surface area contributed by atoms with Gasteiger partial charge in [-0.15, -0.1) is 0 Å². The van der Waals surface area contributed by atoms with E-state index in [-0.39, 0.29) is 5.76 Å². The number of Topliss-reactive ketones (excluding diaryl/α,β-unsaturated/α-hetero) is 1. The van der Waals surface area contributed by atoms with Crippen LogP contribution in [0.5, 0.6) is 5.75 Å². The molecule has 0 saturated heterocycles. The van der Waals surface area contributed by atoms with Crippen molar-refractivity contribution in [3.63, 3.8) is 0 Å². The standard InChI is InChI=1S/C12H10O5/c1-16-9-4-2-3-7-5-10(17-12(7)9)8(13)6-11(14)15/h2-5H,6H2,1H3,(H,14,15). The minimum absolute atomic E-state index is 0.0342. The molecule has 0 bridgehead atoms. The summed E-state index contributed by atoms with van der Waals surface area (Å²) in [6.07, 6.45) is -0.581. The predicted molar refractivity (Wildman–Crippen MR) is 59.3 cm³/mol. The van der Waals surface area contributed by atoms with Crippen LogP contribution in [0.2, 0.25) is 0 Å². The molecule has 88 valence electrons. The Kier molecular flexibility index (Phi) is 2.82. The van der Waals surface area contributed by atoms with Gasteiger partial charge in [0.05, 0.1) is 7.11 Å². The number of carboxylic acid groups (broad SMARTS) is 1. The molecule has 1 heterocycles. The second kappa shape index (κ2) is 4.29. The highest BCUT2D eigenvalue weighted by atomic mass is 16.5. The second-order valence-corrected chi connectivity index (χ2v) is 3.48. The molecule has 0 aliphatic rings. The molecule has 1 N–H and O–H groups in total. The molecule has 1 aromatic heterocycles. The topological polar surface area (TPSA) is 76.7 Å². The molecule has 0 saturated carbocycles. The Balaban J connectivity index is 2.44. The summed E-state index contributed by atoms with van der Waals surface area (Å²) in [5, 5.41) is 9.24. The van der Waals surface area contributed by atoms with E-state index in [1.54, 1.807) is 18.2 Å². The average molecular weight is 234 g/mol. The molecule has 0 radical (unpaired) electrons. The number of rotatable bonds is 4. The third-order valence-corrected chi connectivity index (χ3v) is 2.31. The molecule has 2 aromatic rings. The first-order valence-electron chi connectivity index (χ1n) is 4.93. The fourth-order valence-electron chi connectivity index (χ4n) is 1.56. The van der Waals surface area contributed by atoms with Crippen molar-refractivity contribution in [2.45, 2.75) is 6.42 Å². The van der Waals surface area contributed by atoms with Gasteiger partial charge in [0, 0.05) is 5.39 Å². The quantitative estimate of drug-likeness (QED) is 0.647. The second-order valence-electron chi connectivity index (χ2n) is 3.48. The zero-order valence-electron chi connectivity index (χ0n) is 9.10. The fraction of sp³-hybridized carbons (Fsp3) is 0.167. The van der Waals surface area contributed by atoms with Crippen LogP contribution in [0.4, 0.5) is 0 Å². The summed E-state index contributed by atoms with van der Waals surface area (Å²) >= 11 is 0. The van der Waals surface area contributed by atoms with Gasteiger partial charge in [0.2, 0.25) is 5.78 Å². The minimum atomic E-state index is -1.18. The van der Waals surface area contributed by atoms with E-state index in [1.807, 2.05) is 0 Å². The lowest BCUT2D eigenvalue weighted by Gasteiger charge is -1.98. The van der Waals surface area contributed by atoms with Crippen molar-refractivity contribution in [2.75, 3.05) is 7.11 Å². The van der Waals surface area contributed by atoms with Gasteiger partial charge in [0.15, 0.2) is 17.1 Å². The highest BCUT2D eigenvalue weighted by Gasteiger charge is 2.17. The molecule has 0 amide bonds. The van der Waals surface area contributed by atoms with Gasteiger partial charge >= 0.3 is 5.97 Å². The number of aliphatic carboxylic acids is 1. The van der Waals surface area contributed by atoms with E-state index in [0.717, 1.165) is 0 Å². The van der Waals surface area contributed by atoms with E-state index in [0.29, 0.717) is 16.7 Å². The van der Waals surface area contributed by atoms with Crippen molar-refractivity contribution in [2.24, 2.45) is 0 Å². The van der Waals surface area contributed by atoms with E-state index in [2.05, 4.69) is 0 Å². The summed E-state index contributed by atoms with van der Waals surface area (Å²) in [6.45, 7) is 0. The number of carboxylic acids is 1. The molecule has 5 heteroatoms. The number of furan rings is 1. The summed E-state index contributed by atoms with van der Waals surface area (Å²) in [5.41, 5.74) is 0.448. The summed E-state index contributed by atoms with van der Waals surface area (Å²) < 4.78 is 10.4. The summed E-state index contributed by atoms with van der Waals surface area (Å²) in [4.78, 5) is 21.9. The third-order valence-electron chi connectivity index (χ3n) is 2.31. The normalized spacial score (nSPS) is 10.4. The molecule has 0 aliphatic heterocycles. The summed E-state index contributed by atoms with van der Waals surface area (Å²) in [5.74, 6) is -1.19. The van der Waals surface area contributed by atoms with Crippen molar-refractivity contribution in [1.82, 2.24) is 0 Å². The van der Waals surface area contributed by atoms with Crippen LogP contribution in [0.25, 0.3) is 11.0 Å². The van der Waals surface area contributed by atoms with E-state index in [9.17, 15) is 9.59 Å². The number of hydrogen-bond acceptors (Lipinski definition) is 4. The molecule has 0 fully saturated rings. The van der Waals surface area contributed by atoms with Crippen molar-refractivity contribution in [1.29, 1.82) is 0 Å². The lowest BCUT2D eigenvalue weighted by Crippen LogP contribution is -2.05. The highest BCUT2D eigenvalue weighted by Crippen LogP contribution is 2.28. The SMILES string of the molecule is COc1cccc2cc(C(=O)CC(=O)O)oc12. The van der Waals surface area contributed by atoms with Gasteiger partial charge in [0.1, 0.15) is 6.42 Å². The number of fused-ring (bicyclic) bond motifs is 1. The molecule has 0 unspecified atom stereocenters. The number of methoxy groups -OCH3 is 1. The van der Waals surface area contributed by atoms with Crippen LogP contribution in [0, 0.1) is 0 Å². The highest BCUT2D eigenvalue weighted by molar-refractivity contribution is 6.06. The molecule has 5 nitrogen and oxygen atoms in total. The number of hydrogen-bond donors (Lipinski definition) is 1. The van der Waals surface area contributed by atoms with Crippen molar-refractivity contribution >= 4 is 22.7 Å². The first kappa shape index (κ1) is 11.2. The van der Waals surface area contributed by atoms with E-state index in [1.165, 1.54) is 13.2 Å². The number of carbonyl (C=O) groups excluding carboxylic acids is 1. The van der Waals surface area contributed by atoms with Crippen molar-refractivity contribution in [3.8, 4) is 5.75 Å². The van der Waals surface area contributed by atoms with Gasteiger partial charge in [-0.05, 0) is 12.1 Å². The van der Waals surface area contributed by atoms with Crippen LogP contribution in [0.15, 0.2) is 28.7 Å². The van der Waals surface area contributed by atoms with E-state index >= 15 is 0 Å². The van der Waals surface area contributed by atoms with Gasteiger partial charge in [-0.1, -0.05) is 12.1 Å². The molecular formula is C12H10O5. The predicted octanol–water partition coefficient (Wildman–Crippen LogP) is 2.10. The lowest BCUT2D eigenvalue weighted by molar-refractivity contribution is -0.135. The molecule has 0 spiro atoms. The van der Waals surface area contributed by atoms with Crippen LogP contribution in [0.1, 0.15) is 17.0 Å². The first-order chi connectivity index (χ1) is 8.11. The van der Waals surface area contributed by atoms with Crippen molar-refractivity contribution in [3.05, 3.63) is 30.0 Å². The number of ether oxygens (including phenoxy) is 1. The van der Waals surface area contributed by atoms with Crippen LogP contribution in [-0.4, -0.2) is 24.0 Å².